The standard InChI is InChI=1S/C10H9NO3/c12-11(13)10-4-2-1-3-8(10)5-6-9-7-14-9/h1-6,9H,7H2/b6-5+. The number of nitro groups is 1. The summed E-state index contributed by atoms with van der Waals surface area (Å²) in [7, 11) is 0. The summed E-state index contributed by atoms with van der Waals surface area (Å²) in [4.78, 5) is 10.2. The number of hydrogen-bond donors (Lipinski definition) is 0. The molecule has 0 radical (unpaired) electrons. The minimum Gasteiger partial charge on any atom is -0.369 e. The second-order valence-electron chi connectivity index (χ2n) is 3.05. The highest BCUT2D eigenvalue weighted by Gasteiger charge is 2.18. The van der Waals surface area contributed by atoms with Crippen molar-refractivity contribution in [3.8, 4) is 0 Å². The first-order chi connectivity index (χ1) is 6.77. The summed E-state index contributed by atoms with van der Waals surface area (Å²) in [6.07, 6.45) is 3.72. The van der Waals surface area contributed by atoms with E-state index in [-0.39, 0.29) is 16.7 Å². The fourth-order valence-corrected chi connectivity index (χ4v) is 1.17. The summed E-state index contributed by atoms with van der Waals surface area (Å²) in [6.45, 7) is 0.719. The molecule has 0 bridgehead atoms. The predicted octanol–water partition coefficient (Wildman–Crippen LogP) is 2.01. The second kappa shape index (κ2) is 3.59. The van der Waals surface area contributed by atoms with E-state index in [0.29, 0.717) is 5.56 Å². The van der Waals surface area contributed by atoms with Crippen molar-refractivity contribution < 1.29 is 9.66 Å². The van der Waals surface area contributed by atoms with Gasteiger partial charge < -0.3 is 4.74 Å². The molecule has 14 heavy (non-hydrogen) atoms. The first-order valence-corrected chi connectivity index (χ1v) is 4.30. The van der Waals surface area contributed by atoms with E-state index in [0.717, 1.165) is 6.61 Å². The van der Waals surface area contributed by atoms with Crippen molar-refractivity contribution in [2.45, 2.75) is 6.10 Å². The summed E-state index contributed by atoms with van der Waals surface area (Å²) in [5.41, 5.74) is 0.748. The lowest BCUT2D eigenvalue weighted by atomic mass is 10.1. The summed E-state index contributed by atoms with van der Waals surface area (Å²) in [6, 6.07) is 6.65. The third-order valence-electron chi connectivity index (χ3n) is 1.98. The molecule has 4 nitrogen and oxygen atoms in total. The molecule has 2 rings (SSSR count). The van der Waals surface area contributed by atoms with Crippen molar-refractivity contribution in [3.63, 3.8) is 0 Å². The molecule has 1 aromatic rings. The summed E-state index contributed by atoms with van der Waals surface area (Å²) < 4.78 is 4.97. The minimum atomic E-state index is -0.382. The van der Waals surface area contributed by atoms with Crippen LogP contribution in [0.5, 0.6) is 0 Å². The van der Waals surface area contributed by atoms with E-state index in [1.807, 2.05) is 6.08 Å². The molecule has 1 heterocycles. The van der Waals surface area contributed by atoms with Crippen LogP contribution in [-0.4, -0.2) is 17.6 Å². The van der Waals surface area contributed by atoms with Crippen molar-refractivity contribution in [3.05, 3.63) is 46.0 Å². The van der Waals surface area contributed by atoms with Gasteiger partial charge in [0.05, 0.1) is 23.2 Å². The van der Waals surface area contributed by atoms with Crippen LogP contribution in [0.2, 0.25) is 0 Å². The fourth-order valence-electron chi connectivity index (χ4n) is 1.17. The molecule has 0 amide bonds. The van der Waals surface area contributed by atoms with E-state index in [2.05, 4.69) is 0 Å². The highest BCUT2D eigenvalue weighted by atomic mass is 16.6. The second-order valence-corrected chi connectivity index (χ2v) is 3.05. The zero-order valence-corrected chi connectivity index (χ0v) is 7.42. The number of hydrogen-bond acceptors (Lipinski definition) is 3. The van der Waals surface area contributed by atoms with Gasteiger partial charge in [-0.15, -0.1) is 0 Å². The Morgan fingerprint density at radius 3 is 2.86 bits per heavy atom. The Bertz CT molecular complexity index is 383. The Labute approximate surface area is 81.0 Å². The van der Waals surface area contributed by atoms with Gasteiger partial charge in [0.2, 0.25) is 0 Å². The molecule has 0 aromatic heterocycles. The van der Waals surface area contributed by atoms with Crippen LogP contribution in [0, 0.1) is 10.1 Å². The van der Waals surface area contributed by atoms with Crippen molar-refractivity contribution in [2.24, 2.45) is 0 Å². The lowest BCUT2D eigenvalue weighted by Gasteiger charge is -1.95. The fraction of sp³-hybridized carbons (Fsp3) is 0.200. The summed E-state index contributed by atoms with van der Waals surface area (Å²) in [5, 5.41) is 10.6. The number of rotatable bonds is 3. The van der Waals surface area contributed by atoms with Crippen LogP contribution in [0.25, 0.3) is 6.08 Å². The number of benzene rings is 1. The molecule has 1 aromatic carbocycles. The first-order valence-electron chi connectivity index (χ1n) is 4.30. The molecule has 0 N–H and O–H groups in total. The minimum absolute atomic E-state index is 0.129. The highest BCUT2D eigenvalue weighted by Crippen LogP contribution is 2.20. The van der Waals surface area contributed by atoms with Gasteiger partial charge in [0.25, 0.3) is 5.69 Å². The van der Waals surface area contributed by atoms with Gasteiger partial charge in [0, 0.05) is 6.07 Å². The van der Waals surface area contributed by atoms with Gasteiger partial charge >= 0.3 is 0 Å². The Hall–Kier alpha value is -1.68. The highest BCUT2D eigenvalue weighted by molar-refractivity contribution is 5.61. The van der Waals surface area contributed by atoms with Crippen LogP contribution in [0.3, 0.4) is 0 Å². The lowest BCUT2D eigenvalue weighted by molar-refractivity contribution is -0.385. The molecule has 1 saturated heterocycles. The number of nitro benzene ring substituents is 1. The van der Waals surface area contributed by atoms with Gasteiger partial charge in [-0.2, -0.15) is 0 Å². The van der Waals surface area contributed by atoms with Gasteiger partial charge in [0.15, 0.2) is 0 Å². The van der Waals surface area contributed by atoms with Crippen molar-refractivity contribution >= 4 is 11.8 Å². The summed E-state index contributed by atoms with van der Waals surface area (Å²) in [5.74, 6) is 0. The zero-order valence-electron chi connectivity index (χ0n) is 7.42. The van der Waals surface area contributed by atoms with Gasteiger partial charge in [-0.3, -0.25) is 10.1 Å². The number of nitrogens with zero attached hydrogens (tertiary/aromatic N) is 1. The quantitative estimate of drug-likeness (QED) is 0.417. The molecular weight excluding hydrogens is 182 g/mol. The van der Waals surface area contributed by atoms with Gasteiger partial charge in [-0.05, 0) is 12.1 Å². The van der Waals surface area contributed by atoms with Gasteiger partial charge in [0.1, 0.15) is 0 Å². The van der Waals surface area contributed by atoms with Gasteiger partial charge in [-0.25, -0.2) is 0 Å². The molecule has 4 heteroatoms. The molecule has 1 aliphatic rings. The Morgan fingerprint density at radius 1 is 1.50 bits per heavy atom. The van der Waals surface area contributed by atoms with Crippen molar-refractivity contribution in [1.82, 2.24) is 0 Å². The maximum Gasteiger partial charge on any atom is 0.276 e. The molecular formula is C10H9NO3. The average Bonchev–Trinajstić information content (AvgIpc) is 2.98. The zero-order chi connectivity index (χ0) is 9.97. The molecule has 0 saturated carbocycles. The van der Waals surface area contributed by atoms with E-state index in [9.17, 15) is 10.1 Å². The lowest BCUT2D eigenvalue weighted by Crippen LogP contribution is -1.90. The molecule has 1 aliphatic heterocycles. The third-order valence-corrected chi connectivity index (χ3v) is 1.98. The normalized spacial score (nSPS) is 19.9. The topological polar surface area (TPSA) is 55.7 Å². The maximum absolute atomic E-state index is 10.6. The van der Waals surface area contributed by atoms with E-state index in [1.165, 1.54) is 6.07 Å². The molecule has 72 valence electrons. The monoisotopic (exact) mass is 191 g/mol. The van der Waals surface area contributed by atoms with E-state index >= 15 is 0 Å². The van der Waals surface area contributed by atoms with Crippen LogP contribution in [0.15, 0.2) is 30.3 Å². The van der Waals surface area contributed by atoms with Crippen molar-refractivity contribution in [2.75, 3.05) is 6.61 Å². The average molecular weight is 191 g/mol. The molecule has 1 atom stereocenters. The van der Waals surface area contributed by atoms with Crippen LogP contribution >= 0.6 is 0 Å². The maximum atomic E-state index is 10.6. The third kappa shape index (κ3) is 1.97. The van der Waals surface area contributed by atoms with Crippen LogP contribution in [0.4, 0.5) is 5.69 Å². The smallest absolute Gasteiger partial charge is 0.276 e. The van der Waals surface area contributed by atoms with Crippen LogP contribution in [0.1, 0.15) is 5.56 Å². The largest absolute Gasteiger partial charge is 0.369 e. The molecule has 0 aliphatic carbocycles. The van der Waals surface area contributed by atoms with E-state index in [1.54, 1.807) is 24.3 Å². The Morgan fingerprint density at radius 2 is 2.21 bits per heavy atom. The molecule has 1 unspecified atom stereocenters. The number of epoxide rings is 1. The van der Waals surface area contributed by atoms with Crippen LogP contribution < -0.4 is 0 Å². The Kier molecular flexibility index (Phi) is 2.28. The summed E-state index contributed by atoms with van der Waals surface area (Å²) >= 11 is 0. The first kappa shape index (κ1) is 8.90. The van der Waals surface area contributed by atoms with Crippen molar-refractivity contribution in [1.29, 1.82) is 0 Å². The predicted molar refractivity (Wildman–Crippen MR) is 51.9 cm³/mol. The molecule has 0 spiro atoms. The SMILES string of the molecule is O=[N+]([O-])c1ccccc1/C=C/C1CO1. The van der Waals surface area contributed by atoms with E-state index < -0.39 is 0 Å². The Balaban J connectivity index is 2.26. The van der Waals surface area contributed by atoms with E-state index in [4.69, 9.17) is 4.74 Å². The number of ether oxygens (including phenoxy) is 1. The van der Waals surface area contributed by atoms with Gasteiger partial charge in [-0.1, -0.05) is 18.2 Å². The number of para-hydroxylation sites is 1. The molecule has 1 fully saturated rings. The van der Waals surface area contributed by atoms with Crippen LogP contribution in [-0.2, 0) is 4.74 Å².